The van der Waals surface area contributed by atoms with Crippen molar-refractivity contribution in [1.29, 1.82) is 0 Å². The highest BCUT2D eigenvalue weighted by Crippen LogP contribution is 2.07. The van der Waals surface area contributed by atoms with Crippen LogP contribution in [0.5, 0.6) is 0 Å². The average Bonchev–Trinajstić information content (AvgIpc) is 2.31. The molecule has 2 amide bonds. The fourth-order valence-electron chi connectivity index (χ4n) is 1.21. The number of carbonyl (C=O) groups is 2. The first-order valence-electron chi connectivity index (χ1n) is 5.05. The molecule has 18 heavy (non-hydrogen) atoms. The maximum Gasteiger partial charge on any atom is 0.405 e. The largest absolute Gasteiger partial charge is 0.465 e. The second kappa shape index (κ2) is 7.11. The van der Waals surface area contributed by atoms with Gasteiger partial charge in [-0.2, -0.15) is 0 Å². The van der Waals surface area contributed by atoms with Gasteiger partial charge < -0.3 is 20.8 Å². The number of hydrogen-bond donors (Lipinski definition) is 4. The molecule has 1 aromatic heterocycles. The van der Waals surface area contributed by atoms with Crippen LogP contribution in [0.15, 0.2) is 18.3 Å². The number of aromatic nitrogens is 1. The minimum Gasteiger partial charge on any atom is -0.465 e. The van der Waals surface area contributed by atoms with Crippen molar-refractivity contribution < 1.29 is 19.8 Å². The highest BCUT2D eigenvalue weighted by atomic mass is 127. The molecule has 1 aromatic rings. The molecule has 0 saturated carbocycles. The van der Waals surface area contributed by atoms with E-state index >= 15 is 0 Å². The van der Waals surface area contributed by atoms with Gasteiger partial charge in [0, 0.05) is 16.4 Å². The van der Waals surface area contributed by atoms with E-state index in [2.05, 4.69) is 32.9 Å². The molecule has 98 valence electrons. The van der Waals surface area contributed by atoms with Gasteiger partial charge in [-0.3, -0.25) is 4.79 Å². The summed E-state index contributed by atoms with van der Waals surface area (Å²) in [5, 5.41) is 21.8. The molecular weight excluding hydrogens is 353 g/mol. The van der Waals surface area contributed by atoms with E-state index in [9.17, 15) is 9.59 Å². The number of carbonyl (C=O) groups excluding carboxylic acids is 1. The molecule has 0 radical (unpaired) electrons. The Balaban J connectivity index is 2.65. The summed E-state index contributed by atoms with van der Waals surface area (Å²) >= 11 is 2.07. The third-order valence-corrected chi connectivity index (χ3v) is 2.65. The zero-order valence-corrected chi connectivity index (χ0v) is 11.4. The summed E-state index contributed by atoms with van der Waals surface area (Å²) in [5.41, 5.74) is 0. The number of aliphatic hydroxyl groups is 1. The maximum absolute atomic E-state index is 11.7. The average molecular weight is 365 g/mol. The molecule has 4 N–H and O–H groups in total. The van der Waals surface area contributed by atoms with Gasteiger partial charge in [-0.05, 0) is 41.1 Å². The van der Waals surface area contributed by atoms with Crippen LogP contribution in [0.1, 0.15) is 6.42 Å². The van der Waals surface area contributed by atoms with Gasteiger partial charge >= 0.3 is 6.09 Å². The number of halogens is 1. The van der Waals surface area contributed by atoms with Crippen LogP contribution < -0.4 is 10.6 Å². The van der Waals surface area contributed by atoms with Crippen LogP contribution in [0.3, 0.4) is 0 Å². The molecule has 1 heterocycles. The first kappa shape index (κ1) is 14.6. The minimum atomic E-state index is -1.32. The van der Waals surface area contributed by atoms with Crippen molar-refractivity contribution in [2.75, 3.05) is 11.9 Å². The summed E-state index contributed by atoms with van der Waals surface area (Å²) in [5.74, 6) is -0.226. The van der Waals surface area contributed by atoms with Crippen LogP contribution in [0, 0.1) is 3.57 Å². The second-order valence-electron chi connectivity index (χ2n) is 3.37. The zero-order chi connectivity index (χ0) is 13.5. The molecule has 0 aliphatic rings. The van der Waals surface area contributed by atoms with E-state index in [0.29, 0.717) is 5.82 Å². The molecule has 7 nitrogen and oxygen atoms in total. The van der Waals surface area contributed by atoms with Crippen LogP contribution in [0.25, 0.3) is 0 Å². The Labute approximate surface area is 117 Å². The van der Waals surface area contributed by atoms with Gasteiger partial charge in [-0.15, -0.1) is 0 Å². The smallest absolute Gasteiger partial charge is 0.405 e. The Bertz CT molecular complexity index is 424. The quantitative estimate of drug-likeness (QED) is 0.573. The van der Waals surface area contributed by atoms with Crippen LogP contribution >= 0.6 is 22.6 Å². The number of anilines is 1. The van der Waals surface area contributed by atoms with E-state index in [1.54, 1.807) is 18.3 Å². The maximum atomic E-state index is 11.7. The van der Waals surface area contributed by atoms with E-state index in [1.807, 2.05) is 5.32 Å². The predicted octanol–water partition coefficient (Wildman–Crippen LogP) is 0.643. The Hall–Kier alpha value is -1.42. The first-order valence-corrected chi connectivity index (χ1v) is 6.13. The molecule has 0 spiro atoms. The Kier molecular flexibility index (Phi) is 5.78. The molecule has 0 fully saturated rings. The van der Waals surface area contributed by atoms with Gasteiger partial charge in [-0.1, -0.05) is 0 Å². The molecule has 1 atom stereocenters. The van der Waals surface area contributed by atoms with Crippen LogP contribution in [-0.4, -0.2) is 39.8 Å². The lowest BCUT2D eigenvalue weighted by Crippen LogP contribution is -2.43. The van der Waals surface area contributed by atoms with Crippen molar-refractivity contribution in [3.8, 4) is 0 Å². The van der Waals surface area contributed by atoms with Crippen LogP contribution in [0.4, 0.5) is 10.6 Å². The topological polar surface area (TPSA) is 112 Å². The van der Waals surface area contributed by atoms with E-state index in [4.69, 9.17) is 10.2 Å². The Morgan fingerprint density at radius 2 is 2.17 bits per heavy atom. The summed E-state index contributed by atoms with van der Waals surface area (Å²) in [6.07, 6.45) is 0.254. The van der Waals surface area contributed by atoms with E-state index in [1.165, 1.54) is 0 Å². The molecule has 0 aliphatic carbocycles. The van der Waals surface area contributed by atoms with E-state index < -0.39 is 18.0 Å². The summed E-state index contributed by atoms with van der Waals surface area (Å²) in [6, 6.07) is 2.36. The summed E-state index contributed by atoms with van der Waals surface area (Å²) in [4.78, 5) is 26.2. The zero-order valence-electron chi connectivity index (χ0n) is 9.26. The van der Waals surface area contributed by atoms with Crippen LogP contribution in [-0.2, 0) is 4.79 Å². The Morgan fingerprint density at radius 1 is 1.44 bits per heavy atom. The molecule has 0 unspecified atom stereocenters. The van der Waals surface area contributed by atoms with E-state index in [-0.39, 0.29) is 13.0 Å². The summed E-state index contributed by atoms with van der Waals surface area (Å²) in [6.45, 7) is -0.293. The summed E-state index contributed by atoms with van der Waals surface area (Å²) in [7, 11) is 0. The molecule has 0 bridgehead atoms. The van der Waals surface area contributed by atoms with Gasteiger partial charge in [0.2, 0.25) is 5.91 Å². The SMILES string of the molecule is O=C(O)N[C@@H](CCO)C(=O)Nc1ccc(I)cn1. The highest BCUT2D eigenvalue weighted by molar-refractivity contribution is 14.1. The molecule has 0 aromatic carbocycles. The molecule has 0 aliphatic heterocycles. The number of amides is 2. The van der Waals surface area contributed by atoms with Crippen molar-refractivity contribution in [2.45, 2.75) is 12.5 Å². The van der Waals surface area contributed by atoms with Gasteiger partial charge in [0.15, 0.2) is 0 Å². The predicted molar refractivity (Wildman–Crippen MR) is 72.2 cm³/mol. The lowest BCUT2D eigenvalue weighted by atomic mass is 10.2. The van der Waals surface area contributed by atoms with Crippen LogP contribution in [0.2, 0.25) is 0 Å². The number of nitrogens with zero attached hydrogens (tertiary/aromatic N) is 1. The molecular formula is C10H12IN3O4. The van der Waals surface area contributed by atoms with Gasteiger partial charge in [-0.25, -0.2) is 9.78 Å². The number of nitrogens with one attached hydrogen (secondary N) is 2. The normalized spacial score (nSPS) is 11.7. The standard InChI is InChI=1S/C10H12IN3O4/c11-6-1-2-8(12-5-6)14-9(16)7(3-4-15)13-10(17)18/h1-2,5,7,13,15H,3-4H2,(H,17,18)(H,12,14,16)/t7-/m0/s1. The fraction of sp³-hybridized carbons (Fsp3) is 0.300. The highest BCUT2D eigenvalue weighted by Gasteiger charge is 2.20. The van der Waals surface area contributed by atoms with Gasteiger partial charge in [0.05, 0.1) is 0 Å². The monoisotopic (exact) mass is 365 g/mol. The van der Waals surface area contributed by atoms with Gasteiger partial charge in [0.1, 0.15) is 11.9 Å². The molecule has 0 saturated heterocycles. The fourth-order valence-corrected chi connectivity index (χ4v) is 1.53. The van der Waals surface area contributed by atoms with Crippen molar-refractivity contribution in [3.63, 3.8) is 0 Å². The van der Waals surface area contributed by atoms with Crippen molar-refractivity contribution in [3.05, 3.63) is 21.9 Å². The number of carboxylic acid groups (broad SMARTS) is 1. The number of pyridine rings is 1. The third-order valence-electron chi connectivity index (χ3n) is 2.01. The number of aliphatic hydroxyl groups excluding tert-OH is 1. The van der Waals surface area contributed by atoms with Crippen molar-refractivity contribution in [2.24, 2.45) is 0 Å². The van der Waals surface area contributed by atoms with E-state index in [0.717, 1.165) is 3.57 Å². The molecule has 1 rings (SSSR count). The third kappa shape index (κ3) is 4.84. The lowest BCUT2D eigenvalue weighted by Gasteiger charge is -2.15. The van der Waals surface area contributed by atoms with Crippen molar-refractivity contribution >= 4 is 40.4 Å². The summed E-state index contributed by atoms with van der Waals surface area (Å²) < 4.78 is 0.918. The number of rotatable bonds is 5. The first-order chi connectivity index (χ1) is 8.52. The van der Waals surface area contributed by atoms with Gasteiger partial charge in [0.25, 0.3) is 0 Å². The minimum absolute atomic E-state index is 0.00248. The lowest BCUT2D eigenvalue weighted by molar-refractivity contribution is -0.118. The second-order valence-corrected chi connectivity index (χ2v) is 4.61. The Morgan fingerprint density at radius 3 is 2.67 bits per heavy atom. The van der Waals surface area contributed by atoms with Crippen molar-refractivity contribution in [1.82, 2.24) is 10.3 Å². The number of hydrogen-bond acceptors (Lipinski definition) is 4. The molecule has 8 heteroatoms.